The van der Waals surface area contributed by atoms with Crippen LogP contribution in [0, 0.1) is 0 Å². The second kappa shape index (κ2) is 8.44. The summed E-state index contributed by atoms with van der Waals surface area (Å²) >= 11 is 0. The summed E-state index contributed by atoms with van der Waals surface area (Å²) in [6, 6.07) is 0.0879. The molecule has 0 fully saturated rings. The van der Waals surface area contributed by atoms with Crippen LogP contribution in [0.2, 0.25) is 0 Å². The average molecular weight is 190 g/mol. The number of hydrogen-bond donors (Lipinski definition) is 2. The summed E-state index contributed by atoms with van der Waals surface area (Å²) in [5, 5.41) is 0. The van der Waals surface area contributed by atoms with Crippen LogP contribution in [0.4, 0.5) is 0 Å². The van der Waals surface area contributed by atoms with Gasteiger partial charge in [-0.2, -0.15) is 0 Å². The molecule has 0 radical (unpaired) electrons. The van der Waals surface area contributed by atoms with E-state index in [4.69, 9.17) is 15.3 Å². The van der Waals surface area contributed by atoms with Crippen molar-refractivity contribution in [3.63, 3.8) is 0 Å². The molecule has 0 aliphatic rings. The fourth-order valence-corrected chi connectivity index (χ4v) is 1.28. The van der Waals surface area contributed by atoms with Crippen molar-refractivity contribution < 1.29 is 9.47 Å². The van der Waals surface area contributed by atoms with Crippen LogP contribution in [0.15, 0.2) is 0 Å². The predicted molar refractivity (Wildman–Crippen MR) is 53.3 cm³/mol. The lowest BCUT2D eigenvalue weighted by Gasteiger charge is -2.24. The molecule has 0 rings (SSSR count). The SMILES string of the molecule is CCCC(OC)C(COCC)NN. The minimum absolute atomic E-state index is 0.0879. The maximum Gasteiger partial charge on any atom is 0.0760 e. The van der Waals surface area contributed by atoms with Gasteiger partial charge >= 0.3 is 0 Å². The second-order valence-electron chi connectivity index (χ2n) is 3.00. The van der Waals surface area contributed by atoms with E-state index in [2.05, 4.69) is 12.3 Å². The third-order valence-corrected chi connectivity index (χ3v) is 2.04. The Bertz CT molecular complexity index is 112. The first-order chi connectivity index (χ1) is 6.29. The van der Waals surface area contributed by atoms with Crippen molar-refractivity contribution in [3.05, 3.63) is 0 Å². The number of rotatable bonds is 8. The molecule has 2 unspecified atom stereocenters. The molecule has 0 spiro atoms. The lowest BCUT2D eigenvalue weighted by atomic mass is 10.1. The largest absolute Gasteiger partial charge is 0.380 e. The molecule has 0 bridgehead atoms. The average Bonchev–Trinajstić information content (AvgIpc) is 2.17. The van der Waals surface area contributed by atoms with Crippen molar-refractivity contribution in [1.29, 1.82) is 0 Å². The van der Waals surface area contributed by atoms with E-state index in [1.807, 2.05) is 6.92 Å². The third kappa shape index (κ3) is 5.21. The van der Waals surface area contributed by atoms with Gasteiger partial charge in [0.25, 0.3) is 0 Å². The first-order valence-electron chi connectivity index (χ1n) is 4.86. The molecule has 0 aliphatic heterocycles. The molecule has 0 heterocycles. The van der Waals surface area contributed by atoms with Gasteiger partial charge in [-0.15, -0.1) is 0 Å². The summed E-state index contributed by atoms with van der Waals surface area (Å²) in [4.78, 5) is 0. The van der Waals surface area contributed by atoms with Gasteiger partial charge in [0.1, 0.15) is 0 Å². The van der Waals surface area contributed by atoms with Crippen LogP contribution in [-0.4, -0.2) is 32.5 Å². The topological polar surface area (TPSA) is 56.5 Å². The molecule has 3 N–H and O–H groups in total. The normalized spacial score (nSPS) is 15.7. The molecule has 0 aromatic rings. The standard InChI is InChI=1S/C9H22N2O2/c1-4-6-9(12-3)8(11-10)7-13-5-2/h8-9,11H,4-7,10H2,1-3H3. The molecule has 0 aromatic carbocycles. The van der Waals surface area contributed by atoms with Crippen LogP contribution >= 0.6 is 0 Å². The van der Waals surface area contributed by atoms with Gasteiger partial charge in [-0.1, -0.05) is 13.3 Å². The zero-order chi connectivity index (χ0) is 10.1. The van der Waals surface area contributed by atoms with Crippen molar-refractivity contribution in [1.82, 2.24) is 5.43 Å². The van der Waals surface area contributed by atoms with Crippen LogP contribution in [0.3, 0.4) is 0 Å². The summed E-state index contributed by atoms with van der Waals surface area (Å²) in [5.74, 6) is 5.41. The lowest BCUT2D eigenvalue weighted by Crippen LogP contribution is -2.47. The smallest absolute Gasteiger partial charge is 0.0760 e. The van der Waals surface area contributed by atoms with Gasteiger partial charge in [-0.25, -0.2) is 0 Å². The summed E-state index contributed by atoms with van der Waals surface area (Å²) in [6.07, 6.45) is 2.22. The number of methoxy groups -OCH3 is 1. The molecular formula is C9H22N2O2. The van der Waals surface area contributed by atoms with E-state index in [0.717, 1.165) is 12.8 Å². The summed E-state index contributed by atoms with van der Waals surface area (Å²) in [5.41, 5.74) is 2.72. The molecule has 4 nitrogen and oxygen atoms in total. The Morgan fingerprint density at radius 2 is 2.08 bits per heavy atom. The number of nitrogens with one attached hydrogen (secondary N) is 1. The fourth-order valence-electron chi connectivity index (χ4n) is 1.28. The molecule has 0 aromatic heterocycles. The number of hydrogen-bond acceptors (Lipinski definition) is 4. The zero-order valence-electron chi connectivity index (χ0n) is 8.88. The van der Waals surface area contributed by atoms with Crippen LogP contribution in [0.5, 0.6) is 0 Å². The van der Waals surface area contributed by atoms with Gasteiger partial charge < -0.3 is 9.47 Å². The van der Waals surface area contributed by atoms with Gasteiger partial charge in [-0.05, 0) is 13.3 Å². The van der Waals surface area contributed by atoms with Crippen LogP contribution in [0.1, 0.15) is 26.7 Å². The molecule has 4 heteroatoms. The van der Waals surface area contributed by atoms with E-state index in [0.29, 0.717) is 13.2 Å². The predicted octanol–water partition coefficient (Wildman–Crippen LogP) is 0.670. The van der Waals surface area contributed by atoms with Crippen molar-refractivity contribution in [2.24, 2.45) is 5.84 Å². The summed E-state index contributed by atoms with van der Waals surface area (Å²) < 4.78 is 10.6. The highest BCUT2D eigenvalue weighted by molar-refractivity contribution is 4.74. The Labute approximate surface area is 80.7 Å². The third-order valence-electron chi connectivity index (χ3n) is 2.04. The minimum atomic E-state index is 0.0879. The zero-order valence-corrected chi connectivity index (χ0v) is 8.88. The highest BCUT2D eigenvalue weighted by atomic mass is 16.5. The monoisotopic (exact) mass is 190 g/mol. The molecule has 2 atom stereocenters. The van der Waals surface area contributed by atoms with Crippen LogP contribution in [-0.2, 0) is 9.47 Å². The minimum Gasteiger partial charge on any atom is -0.380 e. The van der Waals surface area contributed by atoms with E-state index < -0.39 is 0 Å². The summed E-state index contributed by atoms with van der Waals surface area (Å²) in [7, 11) is 1.70. The van der Waals surface area contributed by atoms with E-state index in [9.17, 15) is 0 Å². The molecule has 0 saturated heterocycles. The van der Waals surface area contributed by atoms with E-state index in [1.165, 1.54) is 0 Å². The molecule has 0 amide bonds. The number of nitrogens with two attached hydrogens (primary N) is 1. The first-order valence-corrected chi connectivity index (χ1v) is 4.86. The van der Waals surface area contributed by atoms with Crippen LogP contribution in [0.25, 0.3) is 0 Å². The highest BCUT2D eigenvalue weighted by Crippen LogP contribution is 2.06. The Kier molecular flexibility index (Phi) is 8.33. The molecule has 80 valence electrons. The fraction of sp³-hybridized carbons (Fsp3) is 1.00. The van der Waals surface area contributed by atoms with Gasteiger partial charge in [0.2, 0.25) is 0 Å². The lowest BCUT2D eigenvalue weighted by molar-refractivity contribution is 0.0194. The van der Waals surface area contributed by atoms with E-state index in [1.54, 1.807) is 7.11 Å². The van der Waals surface area contributed by atoms with E-state index in [-0.39, 0.29) is 12.1 Å². The highest BCUT2D eigenvalue weighted by Gasteiger charge is 2.18. The van der Waals surface area contributed by atoms with Crippen molar-refractivity contribution in [3.8, 4) is 0 Å². The Morgan fingerprint density at radius 1 is 1.38 bits per heavy atom. The van der Waals surface area contributed by atoms with Gasteiger partial charge in [0.05, 0.1) is 18.8 Å². The molecule has 0 saturated carbocycles. The van der Waals surface area contributed by atoms with E-state index >= 15 is 0 Å². The molecular weight excluding hydrogens is 168 g/mol. The van der Waals surface area contributed by atoms with Crippen LogP contribution < -0.4 is 11.3 Å². The Morgan fingerprint density at radius 3 is 2.46 bits per heavy atom. The summed E-state index contributed by atoms with van der Waals surface area (Å²) in [6.45, 7) is 5.40. The van der Waals surface area contributed by atoms with Gasteiger partial charge in [-0.3, -0.25) is 11.3 Å². The van der Waals surface area contributed by atoms with Crippen molar-refractivity contribution in [2.75, 3.05) is 20.3 Å². The van der Waals surface area contributed by atoms with Gasteiger partial charge in [0.15, 0.2) is 0 Å². The quantitative estimate of drug-likeness (QED) is 0.436. The number of ether oxygens (including phenoxy) is 2. The maximum absolute atomic E-state index is 5.41. The number of hydrazine groups is 1. The maximum atomic E-state index is 5.41. The Hall–Kier alpha value is -0.160. The molecule has 13 heavy (non-hydrogen) atoms. The van der Waals surface area contributed by atoms with Gasteiger partial charge in [0, 0.05) is 13.7 Å². The molecule has 0 aliphatic carbocycles. The first kappa shape index (κ1) is 12.8. The van der Waals surface area contributed by atoms with Crippen molar-refractivity contribution in [2.45, 2.75) is 38.8 Å². The van der Waals surface area contributed by atoms with Crippen molar-refractivity contribution >= 4 is 0 Å². The second-order valence-corrected chi connectivity index (χ2v) is 3.00. The Balaban J connectivity index is 3.84.